The minimum Gasteiger partial charge on any atom is -0.481 e. The molecule has 7 nitrogen and oxygen atoms in total. The van der Waals surface area contributed by atoms with Gasteiger partial charge < -0.3 is 9.64 Å². The quantitative estimate of drug-likeness (QED) is 0.575. The van der Waals surface area contributed by atoms with Crippen molar-refractivity contribution in [3.8, 4) is 17.0 Å². The van der Waals surface area contributed by atoms with Crippen molar-refractivity contribution in [1.29, 1.82) is 0 Å². The van der Waals surface area contributed by atoms with Crippen molar-refractivity contribution in [2.24, 2.45) is 5.14 Å². The summed E-state index contributed by atoms with van der Waals surface area (Å²) in [5.41, 5.74) is 2.13. The summed E-state index contributed by atoms with van der Waals surface area (Å²) in [5.74, 6) is -0.583. The average Bonchev–Trinajstić information content (AvgIpc) is 2.81. The van der Waals surface area contributed by atoms with Gasteiger partial charge in [0.05, 0.1) is 29.5 Å². The number of hydrogen-bond acceptors (Lipinski definition) is 6. The first kappa shape index (κ1) is 24.1. The number of anilines is 1. The summed E-state index contributed by atoms with van der Waals surface area (Å²) in [6, 6.07) is 16.4. The number of ether oxygens (including phenoxy) is 1. The fourth-order valence-electron chi connectivity index (χ4n) is 4.63. The molecule has 2 aromatic carbocycles. The number of pyridine rings is 1. The summed E-state index contributed by atoms with van der Waals surface area (Å²) in [6.07, 6.45) is 1.67. The second-order valence-corrected chi connectivity index (χ2v) is 10.2. The SMILES string of the molecule is COc1ncc(N2C[C@@H](C)N(Cc3ccccc3)[C@@H](C)C2)cc1-c1c(F)cccc1S(N)(=O)=O. The van der Waals surface area contributed by atoms with Crippen LogP contribution in [0.1, 0.15) is 19.4 Å². The molecule has 0 radical (unpaired) electrons. The van der Waals surface area contributed by atoms with Crippen LogP contribution in [0.15, 0.2) is 65.7 Å². The molecule has 0 aliphatic carbocycles. The number of nitrogens with zero attached hydrogens (tertiary/aromatic N) is 3. The van der Waals surface area contributed by atoms with E-state index in [1.807, 2.05) is 18.2 Å². The Morgan fingerprint density at radius 3 is 2.38 bits per heavy atom. The van der Waals surface area contributed by atoms with E-state index < -0.39 is 15.8 Å². The molecule has 3 aromatic rings. The molecule has 9 heteroatoms. The van der Waals surface area contributed by atoms with E-state index in [2.05, 4.69) is 40.8 Å². The van der Waals surface area contributed by atoms with Crippen molar-refractivity contribution in [2.75, 3.05) is 25.1 Å². The summed E-state index contributed by atoms with van der Waals surface area (Å²) in [6.45, 7) is 6.70. The number of nitrogens with two attached hydrogens (primary N) is 1. The van der Waals surface area contributed by atoms with Gasteiger partial charge in [0.15, 0.2) is 0 Å². The van der Waals surface area contributed by atoms with Crippen LogP contribution in [0.5, 0.6) is 5.88 Å². The van der Waals surface area contributed by atoms with Crippen LogP contribution in [0.2, 0.25) is 0 Å². The van der Waals surface area contributed by atoms with Gasteiger partial charge in [-0.2, -0.15) is 0 Å². The molecule has 4 rings (SSSR count). The van der Waals surface area contributed by atoms with Crippen LogP contribution in [0.3, 0.4) is 0 Å². The number of piperazine rings is 1. The molecule has 1 saturated heterocycles. The Labute approximate surface area is 200 Å². The highest BCUT2D eigenvalue weighted by Gasteiger charge is 2.31. The number of primary sulfonamides is 1. The Hall–Kier alpha value is -3.01. The maximum Gasteiger partial charge on any atom is 0.238 e. The monoisotopic (exact) mass is 484 g/mol. The Morgan fingerprint density at radius 1 is 1.09 bits per heavy atom. The topological polar surface area (TPSA) is 88.8 Å². The van der Waals surface area contributed by atoms with E-state index in [1.54, 1.807) is 12.3 Å². The van der Waals surface area contributed by atoms with Gasteiger partial charge in [-0.1, -0.05) is 36.4 Å². The third-order valence-corrected chi connectivity index (χ3v) is 7.21. The lowest BCUT2D eigenvalue weighted by Crippen LogP contribution is -2.56. The minimum absolute atomic E-state index is 0.127. The molecule has 0 unspecified atom stereocenters. The third kappa shape index (κ3) is 4.91. The van der Waals surface area contributed by atoms with Crippen LogP contribution in [0.4, 0.5) is 10.1 Å². The lowest BCUT2D eigenvalue weighted by Gasteiger charge is -2.45. The molecule has 34 heavy (non-hydrogen) atoms. The van der Waals surface area contributed by atoms with Crippen molar-refractivity contribution >= 4 is 15.7 Å². The van der Waals surface area contributed by atoms with Gasteiger partial charge in [0, 0.05) is 37.3 Å². The second kappa shape index (κ2) is 9.69. The molecule has 0 bridgehead atoms. The highest BCUT2D eigenvalue weighted by atomic mass is 32.2. The Morgan fingerprint density at radius 2 is 1.76 bits per heavy atom. The van der Waals surface area contributed by atoms with Gasteiger partial charge in [-0.25, -0.2) is 22.9 Å². The molecule has 1 aliphatic heterocycles. The molecule has 180 valence electrons. The molecule has 1 fully saturated rings. The summed E-state index contributed by atoms with van der Waals surface area (Å²) in [4.78, 5) is 8.71. The molecule has 2 heterocycles. The van der Waals surface area contributed by atoms with E-state index in [0.29, 0.717) is 0 Å². The van der Waals surface area contributed by atoms with Crippen molar-refractivity contribution in [3.05, 3.63) is 72.2 Å². The molecule has 0 amide bonds. The van der Waals surface area contributed by atoms with Gasteiger partial charge in [0.1, 0.15) is 5.82 Å². The Kier molecular flexibility index (Phi) is 6.88. The molecule has 1 aliphatic rings. The lowest BCUT2D eigenvalue weighted by molar-refractivity contribution is 0.123. The summed E-state index contributed by atoms with van der Waals surface area (Å²) >= 11 is 0. The zero-order valence-corrected chi connectivity index (χ0v) is 20.3. The van der Waals surface area contributed by atoms with Crippen LogP contribution >= 0.6 is 0 Å². The second-order valence-electron chi connectivity index (χ2n) is 8.67. The number of rotatable bonds is 6. The minimum atomic E-state index is -4.17. The van der Waals surface area contributed by atoms with Gasteiger partial charge >= 0.3 is 0 Å². The molecule has 2 N–H and O–H groups in total. The van der Waals surface area contributed by atoms with Gasteiger partial charge in [0.25, 0.3) is 0 Å². The van der Waals surface area contributed by atoms with Crippen molar-refractivity contribution in [2.45, 2.75) is 37.4 Å². The number of sulfonamides is 1. The Bertz CT molecular complexity index is 1260. The maximum absolute atomic E-state index is 14.9. The Balaban J connectivity index is 1.68. The molecule has 0 saturated carbocycles. The highest BCUT2D eigenvalue weighted by Crippen LogP contribution is 2.37. The maximum atomic E-state index is 14.9. The highest BCUT2D eigenvalue weighted by molar-refractivity contribution is 7.89. The van der Waals surface area contributed by atoms with Gasteiger partial charge in [0.2, 0.25) is 15.9 Å². The molecular formula is C25H29FN4O3S. The number of halogens is 1. The fraction of sp³-hybridized carbons (Fsp3) is 0.320. The number of benzene rings is 2. The van der Waals surface area contributed by atoms with Crippen LogP contribution in [-0.4, -0.2) is 50.6 Å². The number of methoxy groups -OCH3 is 1. The predicted octanol–water partition coefficient (Wildman–Crippen LogP) is 3.64. The first-order chi connectivity index (χ1) is 16.2. The van der Waals surface area contributed by atoms with Gasteiger partial charge in [-0.05, 0) is 37.6 Å². The number of aromatic nitrogens is 1. The molecule has 0 spiro atoms. The third-order valence-electron chi connectivity index (χ3n) is 6.26. The summed E-state index contributed by atoms with van der Waals surface area (Å²) in [7, 11) is -2.75. The van der Waals surface area contributed by atoms with Crippen LogP contribution in [0, 0.1) is 5.82 Å². The van der Waals surface area contributed by atoms with E-state index >= 15 is 0 Å². The largest absolute Gasteiger partial charge is 0.481 e. The molecular weight excluding hydrogens is 455 g/mol. The van der Waals surface area contributed by atoms with Crippen LogP contribution in [0.25, 0.3) is 11.1 Å². The van der Waals surface area contributed by atoms with Crippen LogP contribution in [-0.2, 0) is 16.6 Å². The first-order valence-corrected chi connectivity index (χ1v) is 12.6. The lowest BCUT2D eigenvalue weighted by atomic mass is 10.0. The summed E-state index contributed by atoms with van der Waals surface area (Å²) in [5, 5.41) is 5.38. The van der Waals surface area contributed by atoms with Gasteiger partial charge in [-0.15, -0.1) is 0 Å². The average molecular weight is 485 g/mol. The summed E-state index contributed by atoms with van der Waals surface area (Å²) < 4.78 is 44.6. The predicted molar refractivity (Wildman–Crippen MR) is 131 cm³/mol. The smallest absolute Gasteiger partial charge is 0.238 e. The molecule has 1 aromatic heterocycles. The van der Waals surface area contributed by atoms with E-state index in [4.69, 9.17) is 9.88 Å². The zero-order valence-electron chi connectivity index (χ0n) is 19.5. The van der Waals surface area contributed by atoms with E-state index in [1.165, 1.54) is 30.9 Å². The van der Waals surface area contributed by atoms with Crippen LogP contribution < -0.4 is 14.8 Å². The van der Waals surface area contributed by atoms with E-state index in [9.17, 15) is 12.8 Å². The standard InChI is InChI=1S/C25H29FN4O3S/c1-17-14-29(15-18(2)30(17)16-19-8-5-4-6-9-19)20-12-21(25(33-3)28-13-20)24-22(26)10-7-11-23(24)34(27,31)32/h4-13,17-18H,14-16H2,1-3H3,(H2,27,31,32)/t17-,18+. The van der Waals surface area contributed by atoms with E-state index in [0.717, 1.165) is 25.3 Å². The molecule has 2 atom stereocenters. The van der Waals surface area contributed by atoms with Crippen molar-refractivity contribution in [1.82, 2.24) is 9.88 Å². The number of hydrogen-bond donors (Lipinski definition) is 1. The van der Waals surface area contributed by atoms with Crippen molar-refractivity contribution in [3.63, 3.8) is 0 Å². The fourth-order valence-corrected chi connectivity index (χ4v) is 5.39. The van der Waals surface area contributed by atoms with Gasteiger partial charge in [-0.3, -0.25) is 4.90 Å². The first-order valence-electron chi connectivity index (χ1n) is 11.1. The van der Waals surface area contributed by atoms with Crippen molar-refractivity contribution < 1.29 is 17.5 Å². The normalized spacial score (nSPS) is 19.3. The zero-order chi connectivity index (χ0) is 24.5. The van der Waals surface area contributed by atoms with E-state index in [-0.39, 0.29) is 34.0 Å².